The van der Waals surface area contributed by atoms with Crippen molar-refractivity contribution in [3.63, 3.8) is 0 Å². The summed E-state index contributed by atoms with van der Waals surface area (Å²) < 4.78 is 11.9. The Balaban J connectivity index is 2.15. The first-order valence-corrected chi connectivity index (χ1v) is 7.53. The molecule has 5 nitrogen and oxygen atoms in total. The highest BCUT2D eigenvalue weighted by Gasteiger charge is 2.11. The number of rotatable bonds is 6. The number of carboxylic acids is 1. The fourth-order valence-corrected chi connectivity index (χ4v) is 2.72. The average molecular weight is 413 g/mol. The normalized spacial score (nSPS) is 10.3. The van der Waals surface area contributed by atoms with Crippen molar-refractivity contribution in [3.8, 4) is 11.5 Å². The summed E-state index contributed by atoms with van der Waals surface area (Å²) >= 11 is 2.11. The lowest BCUT2D eigenvalue weighted by Crippen LogP contribution is -2.22. The van der Waals surface area contributed by atoms with Crippen LogP contribution in [-0.2, 0) is 13.2 Å². The molecular formula is C16H14IO5-. The van der Waals surface area contributed by atoms with Gasteiger partial charge in [0.2, 0.25) is 0 Å². The summed E-state index contributed by atoms with van der Waals surface area (Å²) in [5, 5.41) is 19.9. The van der Waals surface area contributed by atoms with Crippen LogP contribution >= 0.6 is 22.6 Å². The molecule has 0 unspecified atom stereocenters. The van der Waals surface area contributed by atoms with Gasteiger partial charge in [-0.2, -0.15) is 0 Å². The second-order valence-corrected chi connectivity index (χ2v) is 5.70. The molecule has 2 rings (SSSR count). The summed E-state index contributed by atoms with van der Waals surface area (Å²) in [7, 11) is 1.54. The first-order valence-electron chi connectivity index (χ1n) is 6.45. The third-order valence-corrected chi connectivity index (χ3v) is 3.85. The molecule has 0 aliphatic heterocycles. The number of hydrogen-bond donors (Lipinski definition) is 1. The molecule has 6 heteroatoms. The van der Waals surface area contributed by atoms with Crippen molar-refractivity contribution in [2.45, 2.75) is 13.2 Å². The minimum atomic E-state index is -1.21. The number of hydrogen-bond acceptors (Lipinski definition) is 5. The van der Waals surface area contributed by atoms with E-state index in [0.717, 1.165) is 14.7 Å². The van der Waals surface area contributed by atoms with Crippen molar-refractivity contribution in [3.05, 3.63) is 56.7 Å². The molecule has 0 atom stereocenters. The third-order valence-electron chi connectivity index (χ3n) is 3.04. The van der Waals surface area contributed by atoms with E-state index < -0.39 is 5.97 Å². The minimum Gasteiger partial charge on any atom is -0.545 e. The molecule has 0 aliphatic rings. The second-order valence-electron chi connectivity index (χ2n) is 4.54. The molecule has 1 N–H and O–H groups in total. The lowest BCUT2D eigenvalue weighted by molar-refractivity contribution is -0.255. The molecule has 22 heavy (non-hydrogen) atoms. The first kappa shape index (κ1) is 16.6. The zero-order valence-corrected chi connectivity index (χ0v) is 14.0. The van der Waals surface area contributed by atoms with Crippen LogP contribution in [0.25, 0.3) is 0 Å². The molecule has 0 fully saturated rings. The van der Waals surface area contributed by atoms with Gasteiger partial charge in [-0.3, -0.25) is 0 Å². The average Bonchev–Trinajstić information content (AvgIpc) is 2.53. The summed E-state index contributed by atoms with van der Waals surface area (Å²) in [5.74, 6) is -0.0742. The van der Waals surface area contributed by atoms with Gasteiger partial charge in [-0.05, 0) is 51.4 Å². The van der Waals surface area contributed by atoms with E-state index >= 15 is 0 Å². The number of aliphatic hydroxyl groups is 1. The molecule has 0 heterocycles. The van der Waals surface area contributed by atoms with Gasteiger partial charge in [-0.25, -0.2) is 0 Å². The number of benzene rings is 2. The van der Waals surface area contributed by atoms with Crippen LogP contribution in [-0.4, -0.2) is 18.2 Å². The number of ether oxygens (including phenoxy) is 2. The van der Waals surface area contributed by atoms with Gasteiger partial charge in [0, 0.05) is 0 Å². The Bertz CT molecular complexity index is 667. The van der Waals surface area contributed by atoms with Gasteiger partial charge in [-0.15, -0.1) is 0 Å². The van der Waals surface area contributed by atoms with E-state index in [1.807, 2.05) is 6.07 Å². The highest BCUT2D eigenvalue weighted by atomic mass is 127. The third kappa shape index (κ3) is 3.89. The van der Waals surface area contributed by atoms with Gasteiger partial charge < -0.3 is 24.5 Å². The Morgan fingerprint density at radius 1 is 1.23 bits per heavy atom. The summed E-state index contributed by atoms with van der Waals surface area (Å²) in [6.07, 6.45) is 0. The lowest BCUT2D eigenvalue weighted by atomic mass is 10.1. The topological polar surface area (TPSA) is 78.8 Å². The molecule has 0 amide bonds. The number of methoxy groups -OCH3 is 1. The van der Waals surface area contributed by atoms with Crippen molar-refractivity contribution < 1.29 is 24.5 Å². The smallest absolute Gasteiger partial charge is 0.174 e. The predicted octanol–water partition coefficient (Wildman–Crippen LogP) is 1.73. The number of carboxylic acid groups (broad SMARTS) is 1. The van der Waals surface area contributed by atoms with Crippen LogP contribution in [0, 0.1) is 3.57 Å². The summed E-state index contributed by atoms with van der Waals surface area (Å²) in [6.45, 7) is 0.204. The molecule has 0 aromatic heterocycles. The van der Waals surface area contributed by atoms with E-state index in [1.54, 1.807) is 18.2 Å². The summed E-state index contributed by atoms with van der Waals surface area (Å²) in [6, 6.07) is 9.84. The highest BCUT2D eigenvalue weighted by molar-refractivity contribution is 14.1. The molecule has 2 aromatic carbocycles. The molecule has 0 saturated carbocycles. The number of aromatic carboxylic acids is 1. The number of carbonyl (C=O) groups is 1. The van der Waals surface area contributed by atoms with Gasteiger partial charge in [-0.1, -0.05) is 24.3 Å². The van der Waals surface area contributed by atoms with Crippen molar-refractivity contribution in [2.75, 3.05) is 7.11 Å². The molecule has 0 saturated heterocycles. The van der Waals surface area contributed by atoms with Crippen molar-refractivity contribution in [1.82, 2.24) is 0 Å². The van der Waals surface area contributed by atoms with Crippen LogP contribution in [0.4, 0.5) is 0 Å². The summed E-state index contributed by atoms with van der Waals surface area (Å²) in [4.78, 5) is 10.7. The van der Waals surface area contributed by atoms with Gasteiger partial charge in [0.15, 0.2) is 11.5 Å². The lowest BCUT2D eigenvalue weighted by Gasteiger charge is -2.14. The van der Waals surface area contributed by atoms with Crippen LogP contribution < -0.4 is 14.6 Å². The van der Waals surface area contributed by atoms with E-state index in [1.165, 1.54) is 19.2 Å². The number of halogens is 1. The zero-order chi connectivity index (χ0) is 16.1. The van der Waals surface area contributed by atoms with Crippen LogP contribution in [0.15, 0.2) is 36.4 Å². The van der Waals surface area contributed by atoms with Crippen LogP contribution in [0.2, 0.25) is 0 Å². The van der Waals surface area contributed by atoms with Crippen LogP contribution in [0.3, 0.4) is 0 Å². The summed E-state index contributed by atoms with van der Waals surface area (Å²) in [5.41, 5.74) is 1.70. The number of aliphatic hydroxyl groups excluding tert-OH is 1. The van der Waals surface area contributed by atoms with Gasteiger partial charge in [0.25, 0.3) is 0 Å². The molecule has 0 spiro atoms. The van der Waals surface area contributed by atoms with Crippen molar-refractivity contribution in [2.24, 2.45) is 0 Å². The molecule has 116 valence electrons. The molecular weight excluding hydrogens is 399 g/mol. The van der Waals surface area contributed by atoms with E-state index in [2.05, 4.69) is 22.6 Å². The highest BCUT2D eigenvalue weighted by Crippen LogP contribution is 2.34. The zero-order valence-electron chi connectivity index (χ0n) is 11.8. The Hall–Kier alpha value is -1.80. The van der Waals surface area contributed by atoms with Gasteiger partial charge in [0.05, 0.1) is 23.3 Å². The van der Waals surface area contributed by atoms with Gasteiger partial charge in [0.1, 0.15) is 6.61 Å². The maximum Gasteiger partial charge on any atom is 0.174 e. The Morgan fingerprint density at radius 2 is 1.91 bits per heavy atom. The molecule has 2 aromatic rings. The second kappa shape index (κ2) is 7.46. The fraction of sp³-hybridized carbons (Fsp3) is 0.188. The maximum atomic E-state index is 10.7. The molecule has 0 aliphatic carbocycles. The standard InChI is InChI=1S/C16H15IO5/c1-21-14-7-11(8-18)6-13(17)15(14)22-9-10-2-4-12(5-3-10)16(19)20/h2-7,18H,8-9H2,1H3,(H,19,20)/p-1. The maximum absolute atomic E-state index is 10.7. The minimum absolute atomic E-state index is 0.0721. The van der Waals surface area contributed by atoms with Crippen molar-refractivity contribution in [1.29, 1.82) is 0 Å². The van der Waals surface area contributed by atoms with E-state index in [-0.39, 0.29) is 18.8 Å². The Kier molecular flexibility index (Phi) is 5.62. The van der Waals surface area contributed by atoms with Crippen LogP contribution in [0.5, 0.6) is 11.5 Å². The first-order chi connectivity index (χ1) is 10.5. The molecule has 0 radical (unpaired) electrons. The SMILES string of the molecule is COc1cc(CO)cc(I)c1OCc1ccc(C(=O)[O-])cc1. The van der Waals surface area contributed by atoms with E-state index in [0.29, 0.717) is 11.5 Å². The van der Waals surface area contributed by atoms with Crippen LogP contribution in [0.1, 0.15) is 21.5 Å². The van der Waals surface area contributed by atoms with Crippen molar-refractivity contribution >= 4 is 28.6 Å². The monoisotopic (exact) mass is 413 g/mol. The predicted molar refractivity (Wildman–Crippen MR) is 86.7 cm³/mol. The van der Waals surface area contributed by atoms with Gasteiger partial charge >= 0.3 is 0 Å². The fourth-order valence-electron chi connectivity index (χ4n) is 1.90. The Morgan fingerprint density at radius 3 is 2.45 bits per heavy atom. The molecule has 0 bridgehead atoms. The van der Waals surface area contributed by atoms with E-state index in [9.17, 15) is 15.0 Å². The Labute approximate surface area is 141 Å². The largest absolute Gasteiger partial charge is 0.545 e. The quantitative estimate of drug-likeness (QED) is 0.731. The number of carbonyl (C=O) groups excluding carboxylic acids is 1. The van der Waals surface area contributed by atoms with E-state index in [4.69, 9.17) is 9.47 Å².